The number of amides is 3. The van der Waals surface area contributed by atoms with Crippen molar-refractivity contribution in [3.63, 3.8) is 0 Å². The molecule has 0 aromatic rings. The van der Waals surface area contributed by atoms with Crippen molar-refractivity contribution >= 4 is 17.9 Å². The zero-order chi connectivity index (χ0) is 15.6. The first-order valence-corrected chi connectivity index (χ1v) is 7.45. The monoisotopic (exact) mass is 297 g/mol. The standard InChI is InChI=1S/C14H23N3O4/c1-9-3-8-17(12(9)13(19)20)14(21)16-6-4-11(5-7-16)15-10(2)18/h9,11-12H,3-8H2,1-2H3,(H,15,18)(H,19,20). The van der Waals surface area contributed by atoms with Crippen LogP contribution in [-0.2, 0) is 9.59 Å². The molecule has 118 valence electrons. The molecule has 2 aliphatic heterocycles. The van der Waals surface area contributed by atoms with E-state index in [1.807, 2.05) is 6.92 Å². The summed E-state index contributed by atoms with van der Waals surface area (Å²) < 4.78 is 0. The summed E-state index contributed by atoms with van der Waals surface area (Å²) in [6.45, 7) is 4.97. The molecule has 0 aromatic heterocycles. The molecule has 21 heavy (non-hydrogen) atoms. The van der Waals surface area contributed by atoms with E-state index < -0.39 is 12.0 Å². The molecule has 2 heterocycles. The maximum absolute atomic E-state index is 12.5. The van der Waals surface area contributed by atoms with Gasteiger partial charge in [0.1, 0.15) is 6.04 Å². The highest BCUT2D eigenvalue weighted by Crippen LogP contribution is 2.26. The summed E-state index contributed by atoms with van der Waals surface area (Å²) >= 11 is 0. The Hall–Kier alpha value is -1.79. The summed E-state index contributed by atoms with van der Waals surface area (Å²) in [7, 11) is 0. The fraction of sp³-hybridized carbons (Fsp3) is 0.786. The third kappa shape index (κ3) is 3.46. The van der Waals surface area contributed by atoms with Crippen molar-refractivity contribution in [1.82, 2.24) is 15.1 Å². The quantitative estimate of drug-likeness (QED) is 0.776. The lowest BCUT2D eigenvalue weighted by Crippen LogP contribution is -2.53. The van der Waals surface area contributed by atoms with Crippen LogP contribution in [0.5, 0.6) is 0 Å². The molecule has 2 atom stereocenters. The summed E-state index contributed by atoms with van der Waals surface area (Å²) in [5.74, 6) is -0.996. The largest absolute Gasteiger partial charge is 0.480 e. The summed E-state index contributed by atoms with van der Waals surface area (Å²) in [6, 6.07) is -0.794. The fourth-order valence-corrected chi connectivity index (χ4v) is 3.22. The number of rotatable bonds is 2. The van der Waals surface area contributed by atoms with Gasteiger partial charge in [-0.15, -0.1) is 0 Å². The number of piperidine rings is 1. The van der Waals surface area contributed by atoms with Crippen LogP contribution < -0.4 is 5.32 Å². The van der Waals surface area contributed by atoms with E-state index in [1.54, 1.807) is 4.90 Å². The molecule has 0 aliphatic carbocycles. The summed E-state index contributed by atoms with van der Waals surface area (Å²) in [6.07, 6.45) is 2.16. The van der Waals surface area contributed by atoms with Crippen LogP contribution in [0.4, 0.5) is 4.79 Å². The summed E-state index contributed by atoms with van der Waals surface area (Å²) in [5, 5.41) is 12.1. The molecule has 7 heteroatoms. The Labute approximate surface area is 124 Å². The maximum atomic E-state index is 12.5. The van der Waals surface area contributed by atoms with Crippen molar-refractivity contribution in [2.45, 2.75) is 45.2 Å². The van der Waals surface area contributed by atoms with Crippen LogP contribution >= 0.6 is 0 Å². The van der Waals surface area contributed by atoms with Gasteiger partial charge in [0.15, 0.2) is 0 Å². The van der Waals surface area contributed by atoms with Gasteiger partial charge in [-0.2, -0.15) is 0 Å². The highest BCUT2D eigenvalue weighted by Gasteiger charge is 2.41. The van der Waals surface area contributed by atoms with Crippen molar-refractivity contribution < 1.29 is 19.5 Å². The van der Waals surface area contributed by atoms with Gasteiger partial charge in [0.25, 0.3) is 0 Å². The molecule has 7 nitrogen and oxygen atoms in total. The molecule has 2 N–H and O–H groups in total. The van der Waals surface area contributed by atoms with Crippen molar-refractivity contribution in [1.29, 1.82) is 0 Å². The first kappa shape index (κ1) is 15.6. The lowest BCUT2D eigenvalue weighted by Gasteiger charge is -2.36. The average Bonchev–Trinajstić information content (AvgIpc) is 2.80. The van der Waals surface area contributed by atoms with E-state index >= 15 is 0 Å². The van der Waals surface area contributed by atoms with Crippen LogP contribution in [0.3, 0.4) is 0 Å². The number of carbonyl (C=O) groups is 3. The second-order valence-corrected chi connectivity index (χ2v) is 5.99. The molecule has 0 saturated carbocycles. The average molecular weight is 297 g/mol. The van der Waals surface area contributed by atoms with Crippen molar-refractivity contribution in [3.05, 3.63) is 0 Å². The van der Waals surface area contributed by atoms with Crippen LogP contribution in [0.2, 0.25) is 0 Å². The minimum absolute atomic E-state index is 0.0108. The van der Waals surface area contributed by atoms with Crippen LogP contribution in [0.1, 0.15) is 33.1 Å². The second kappa shape index (κ2) is 6.32. The van der Waals surface area contributed by atoms with E-state index in [2.05, 4.69) is 5.32 Å². The Morgan fingerprint density at radius 1 is 1.10 bits per heavy atom. The molecular formula is C14H23N3O4. The zero-order valence-electron chi connectivity index (χ0n) is 12.5. The minimum atomic E-state index is -0.929. The van der Waals surface area contributed by atoms with Gasteiger partial charge in [0.2, 0.25) is 5.91 Å². The van der Waals surface area contributed by atoms with E-state index in [0.717, 1.165) is 6.42 Å². The molecule has 0 aromatic carbocycles. The van der Waals surface area contributed by atoms with Crippen LogP contribution in [0, 0.1) is 5.92 Å². The first-order chi connectivity index (χ1) is 9.90. The molecule has 0 spiro atoms. The SMILES string of the molecule is CC(=O)NC1CCN(C(=O)N2CCC(C)C2C(=O)O)CC1. The predicted octanol–water partition coefficient (Wildman–Crippen LogP) is 0.502. The Morgan fingerprint density at radius 3 is 2.24 bits per heavy atom. The lowest BCUT2D eigenvalue weighted by molar-refractivity contribution is -0.142. The van der Waals surface area contributed by atoms with E-state index in [9.17, 15) is 19.5 Å². The van der Waals surface area contributed by atoms with E-state index in [0.29, 0.717) is 32.5 Å². The molecule has 2 unspecified atom stereocenters. The van der Waals surface area contributed by atoms with Crippen LogP contribution in [0.15, 0.2) is 0 Å². The van der Waals surface area contributed by atoms with Gasteiger partial charge in [-0.25, -0.2) is 9.59 Å². The highest BCUT2D eigenvalue weighted by molar-refractivity contribution is 5.83. The molecule has 2 rings (SSSR count). The smallest absolute Gasteiger partial charge is 0.326 e. The number of nitrogens with zero attached hydrogens (tertiary/aromatic N) is 2. The second-order valence-electron chi connectivity index (χ2n) is 5.99. The molecule has 0 bridgehead atoms. The normalized spacial score (nSPS) is 26.8. The number of likely N-dealkylation sites (tertiary alicyclic amines) is 2. The predicted molar refractivity (Wildman–Crippen MR) is 75.7 cm³/mol. The minimum Gasteiger partial charge on any atom is -0.480 e. The van der Waals surface area contributed by atoms with Gasteiger partial charge in [-0.1, -0.05) is 6.92 Å². The van der Waals surface area contributed by atoms with Crippen molar-refractivity contribution in [3.8, 4) is 0 Å². The Morgan fingerprint density at radius 2 is 1.71 bits per heavy atom. The molecule has 2 saturated heterocycles. The zero-order valence-corrected chi connectivity index (χ0v) is 12.5. The molecule has 2 fully saturated rings. The Balaban J connectivity index is 1.93. The van der Waals surface area contributed by atoms with Gasteiger partial charge >= 0.3 is 12.0 Å². The van der Waals surface area contributed by atoms with Gasteiger partial charge in [-0.05, 0) is 25.2 Å². The number of aliphatic carboxylic acids is 1. The van der Waals surface area contributed by atoms with Crippen LogP contribution in [-0.4, -0.2) is 64.5 Å². The third-order valence-electron chi connectivity index (χ3n) is 4.37. The van der Waals surface area contributed by atoms with E-state index in [-0.39, 0.29) is 23.9 Å². The Bertz CT molecular complexity index is 432. The number of urea groups is 1. The van der Waals surface area contributed by atoms with Crippen LogP contribution in [0.25, 0.3) is 0 Å². The molecular weight excluding hydrogens is 274 g/mol. The maximum Gasteiger partial charge on any atom is 0.326 e. The van der Waals surface area contributed by atoms with Gasteiger partial charge in [0.05, 0.1) is 0 Å². The molecule has 2 aliphatic rings. The third-order valence-corrected chi connectivity index (χ3v) is 4.37. The molecule has 0 radical (unpaired) electrons. The van der Waals surface area contributed by atoms with Gasteiger partial charge in [0, 0.05) is 32.6 Å². The highest BCUT2D eigenvalue weighted by atomic mass is 16.4. The number of nitrogens with one attached hydrogen (secondary N) is 1. The number of hydrogen-bond donors (Lipinski definition) is 2. The molecule has 3 amide bonds. The fourth-order valence-electron chi connectivity index (χ4n) is 3.22. The van der Waals surface area contributed by atoms with Gasteiger partial charge < -0.3 is 20.2 Å². The topological polar surface area (TPSA) is 90.0 Å². The van der Waals surface area contributed by atoms with E-state index in [1.165, 1.54) is 11.8 Å². The number of carboxylic acid groups (broad SMARTS) is 1. The Kier molecular flexibility index (Phi) is 4.69. The van der Waals surface area contributed by atoms with Crippen molar-refractivity contribution in [2.75, 3.05) is 19.6 Å². The van der Waals surface area contributed by atoms with Gasteiger partial charge in [-0.3, -0.25) is 4.79 Å². The number of carboxylic acids is 1. The van der Waals surface area contributed by atoms with E-state index in [4.69, 9.17) is 0 Å². The lowest BCUT2D eigenvalue weighted by atomic mass is 10.0. The number of carbonyl (C=O) groups excluding carboxylic acids is 2. The summed E-state index contributed by atoms with van der Waals surface area (Å²) in [4.78, 5) is 38.0. The van der Waals surface area contributed by atoms with Crippen molar-refractivity contribution in [2.24, 2.45) is 5.92 Å². The first-order valence-electron chi connectivity index (χ1n) is 7.45. The summed E-state index contributed by atoms with van der Waals surface area (Å²) in [5.41, 5.74) is 0. The number of hydrogen-bond acceptors (Lipinski definition) is 3.